The molecule has 2 rings (SSSR count). The van der Waals surface area contributed by atoms with E-state index in [1.54, 1.807) is 0 Å². The molecule has 4 nitrogen and oxygen atoms in total. The number of H-pyrrole nitrogens is 1. The van der Waals surface area contributed by atoms with Crippen LogP contribution in [0.5, 0.6) is 0 Å². The first kappa shape index (κ1) is 11.7. The van der Waals surface area contributed by atoms with Gasteiger partial charge in [0.2, 0.25) is 0 Å². The summed E-state index contributed by atoms with van der Waals surface area (Å²) in [5.74, 6) is 0. The first-order valence-corrected chi connectivity index (χ1v) is 4.79. The maximum absolute atomic E-state index is 12.5. The van der Waals surface area contributed by atoms with Crippen molar-refractivity contribution < 1.29 is 13.2 Å². The summed E-state index contributed by atoms with van der Waals surface area (Å²) < 4.78 is 37.5. The number of nitrogens with one attached hydrogen (secondary N) is 1. The Balaban J connectivity index is 2.58. The molecule has 0 unspecified atom stereocenters. The highest BCUT2D eigenvalue weighted by molar-refractivity contribution is 6.32. The Hall–Kier alpha value is -1.76. The molecular weight excluding hydrogens is 257 g/mol. The Morgan fingerprint density at radius 3 is 2.53 bits per heavy atom. The van der Waals surface area contributed by atoms with Gasteiger partial charge in [0.15, 0.2) is 0 Å². The van der Waals surface area contributed by atoms with E-state index in [0.717, 1.165) is 6.07 Å². The molecule has 3 N–H and O–H groups in total. The Morgan fingerprint density at radius 2 is 2.00 bits per heavy atom. The van der Waals surface area contributed by atoms with E-state index in [1.165, 1.54) is 6.20 Å². The fourth-order valence-electron chi connectivity index (χ4n) is 1.29. The number of aromatic amines is 1. The minimum absolute atomic E-state index is 0.0662. The number of hydrogen-bond donors (Lipinski definition) is 2. The maximum atomic E-state index is 12.5. The van der Waals surface area contributed by atoms with E-state index in [-0.39, 0.29) is 22.1 Å². The number of alkyl halides is 3. The summed E-state index contributed by atoms with van der Waals surface area (Å²) in [7, 11) is 0. The fourth-order valence-corrected chi connectivity index (χ4v) is 1.49. The number of pyridine rings is 1. The Morgan fingerprint density at radius 1 is 1.29 bits per heavy atom. The molecule has 0 fully saturated rings. The van der Waals surface area contributed by atoms with E-state index in [1.807, 2.05) is 0 Å². The number of nitrogens with zero attached hydrogens (tertiary/aromatic N) is 2. The molecule has 2 aromatic heterocycles. The molecule has 0 bridgehead atoms. The number of anilines is 1. The summed E-state index contributed by atoms with van der Waals surface area (Å²) in [5.41, 5.74) is 5.13. The van der Waals surface area contributed by atoms with Crippen LogP contribution in [-0.2, 0) is 6.18 Å². The van der Waals surface area contributed by atoms with E-state index in [2.05, 4.69) is 15.2 Å². The van der Waals surface area contributed by atoms with Crippen molar-refractivity contribution >= 4 is 17.3 Å². The third-order valence-electron chi connectivity index (χ3n) is 2.10. The zero-order valence-electron chi connectivity index (χ0n) is 8.22. The molecule has 0 saturated heterocycles. The molecule has 0 spiro atoms. The molecule has 17 heavy (non-hydrogen) atoms. The number of nitrogen functional groups attached to an aromatic ring is 1. The van der Waals surface area contributed by atoms with Crippen molar-refractivity contribution in [3.63, 3.8) is 0 Å². The van der Waals surface area contributed by atoms with E-state index in [4.69, 9.17) is 17.3 Å². The minimum atomic E-state index is -4.48. The van der Waals surface area contributed by atoms with Gasteiger partial charge in [0.1, 0.15) is 5.15 Å². The lowest BCUT2D eigenvalue weighted by molar-refractivity contribution is -0.137. The van der Waals surface area contributed by atoms with Crippen molar-refractivity contribution in [1.82, 2.24) is 15.2 Å². The smallest absolute Gasteiger partial charge is 0.396 e. The predicted molar refractivity (Wildman–Crippen MR) is 56.2 cm³/mol. The first-order chi connectivity index (χ1) is 7.89. The van der Waals surface area contributed by atoms with Crippen LogP contribution in [0.1, 0.15) is 5.56 Å². The number of nitrogens with two attached hydrogens (primary N) is 1. The molecule has 2 aromatic rings. The van der Waals surface area contributed by atoms with Crippen LogP contribution in [0, 0.1) is 0 Å². The monoisotopic (exact) mass is 262 g/mol. The van der Waals surface area contributed by atoms with Crippen LogP contribution in [0.15, 0.2) is 18.5 Å². The van der Waals surface area contributed by atoms with Crippen LogP contribution in [0.4, 0.5) is 18.9 Å². The zero-order chi connectivity index (χ0) is 12.6. The van der Waals surface area contributed by atoms with Gasteiger partial charge in [-0.3, -0.25) is 5.10 Å². The van der Waals surface area contributed by atoms with Crippen molar-refractivity contribution in [2.45, 2.75) is 6.18 Å². The van der Waals surface area contributed by atoms with Crippen LogP contribution in [0.3, 0.4) is 0 Å². The third kappa shape index (κ3) is 2.19. The molecular formula is C9H6ClF3N4. The summed E-state index contributed by atoms with van der Waals surface area (Å²) in [6.45, 7) is 0. The highest BCUT2D eigenvalue weighted by atomic mass is 35.5. The molecule has 0 aliphatic rings. The van der Waals surface area contributed by atoms with Crippen LogP contribution >= 0.6 is 11.6 Å². The van der Waals surface area contributed by atoms with E-state index in [0.29, 0.717) is 6.20 Å². The van der Waals surface area contributed by atoms with Crippen LogP contribution in [0.2, 0.25) is 5.15 Å². The molecule has 0 aromatic carbocycles. The maximum Gasteiger partial charge on any atom is 0.417 e. The average molecular weight is 263 g/mol. The second-order valence-corrected chi connectivity index (χ2v) is 3.62. The van der Waals surface area contributed by atoms with Crippen LogP contribution in [0.25, 0.3) is 11.3 Å². The summed E-state index contributed by atoms with van der Waals surface area (Å²) in [4.78, 5) is 3.48. The standard InChI is InChI=1S/C9H6ClF3N4/c10-8-5(7-6(14)3-16-17-7)1-4(2-15-8)9(11,12)13/h1-3H,14H2,(H,16,17). The average Bonchev–Trinajstić information content (AvgIpc) is 2.63. The van der Waals surface area contributed by atoms with Gasteiger partial charge >= 0.3 is 6.18 Å². The quantitative estimate of drug-likeness (QED) is 0.777. The molecule has 0 radical (unpaired) electrons. The van der Waals surface area contributed by atoms with Gasteiger partial charge in [-0.15, -0.1) is 0 Å². The molecule has 0 saturated carbocycles. The van der Waals surface area contributed by atoms with E-state index >= 15 is 0 Å². The molecule has 0 atom stereocenters. The fraction of sp³-hybridized carbons (Fsp3) is 0.111. The zero-order valence-corrected chi connectivity index (χ0v) is 8.97. The van der Waals surface area contributed by atoms with Crippen molar-refractivity contribution in [1.29, 1.82) is 0 Å². The lowest BCUT2D eigenvalue weighted by atomic mass is 10.1. The Kier molecular flexibility index (Phi) is 2.70. The SMILES string of the molecule is Nc1cn[nH]c1-c1cc(C(F)(F)F)cnc1Cl. The highest BCUT2D eigenvalue weighted by Gasteiger charge is 2.32. The van der Waals surface area contributed by atoms with E-state index in [9.17, 15) is 13.2 Å². The van der Waals surface area contributed by atoms with Crippen LogP contribution < -0.4 is 5.73 Å². The Labute approximate surface area is 98.6 Å². The lowest BCUT2D eigenvalue weighted by Gasteiger charge is -2.09. The minimum Gasteiger partial charge on any atom is -0.396 e. The first-order valence-electron chi connectivity index (χ1n) is 4.41. The third-order valence-corrected chi connectivity index (χ3v) is 2.41. The second kappa shape index (κ2) is 3.92. The highest BCUT2D eigenvalue weighted by Crippen LogP contribution is 2.35. The van der Waals surface area contributed by atoms with Crippen molar-refractivity contribution in [3.05, 3.63) is 29.2 Å². The largest absolute Gasteiger partial charge is 0.417 e. The van der Waals surface area contributed by atoms with Crippen molar-refractivity contribution in [2.24, 2.45) is 0 Å². The van der Waals surface area contributed by atoms with Crippen molar-refractivity contribution in [2.75, 3.05) is 5.73 Å². The summed E-state index contributed by atoms with van der Waals surface area (Å²) >= 11 is 5.73. The number of halogens is 4. The molecule has 0 aliphatic heterocycles. The van der Waals surface area contributed by atoms with Gasteiger partial charge < -0.3 is 5.73 Å². The number of rotatable bonds is 1. The van der Waals surface area contributed by atoms with Gasteiger partial charge in [-0.2, -0.15) is 18.3 Å². The Bertz CT molecular complexity index is 549. The van der Waals surface area contributed by atoms with Crippen molar-refractivity contribution in [3.8, 4) is 11.3 Å². The lowest BCUT2D eigenvalue weighted by Crippen LogP contribution is -2.06. The van der Waals surface area contributed by atoms with Crippen LogP contribution in [-0.4, -0.2) is 15.2 Å². The topological polar surface area (TPSA) is 67.6 Å². The molecule has 90 valence electrons. The second-order valence-electron chi connectivity index (χ2n) is 3.26. The van der Waals surface area contributed by atoms with Gasteiger partial charge in [0.25, 0.3) is 0 Å². The van der Waals surface area contributed by atoms with E-state index < -0.39 is 11.7 Å². The van der Waals surface area contributed by atoms with Gasteiger partial charge in [0.05, 0.1) is 23.1 Å². The summed E-state index contributed by atoms with van der Waals surface area (Å²) in [5, 5.41) is 6.01. The number of aromatic nitrogens is 3. The summed E-state index contributed by atoms with van der Waals surface area (Å²) in [6.07, 6.45) is -2.54. The molecule has 8 heteroatoms. The molecule has 2 heterocycles. The molecule has 0 amide bonds. The van der Waals surface area contributed by atoms with Gasteiger partial charge in [-0.05, 0) is 6.07 Å². The van der Waals surface area contributed by atoms with Gasteiger partial charge in [0, 0.05) is 11.8 Å². The predicted octanol–water partition coefficient (Wildman–Crippen LogP) is 2.73. The normalized spacial score (nSPS) is 11.8. The van der Waals surface area contributed by atoms with Gasteiger partial charge in [-0.1, -0.05) is 11.6 Å². The van der Waals surface area contributed by atoms with Gasteiger partial charge in [-0.25, -0.2) is 4.98 Å². The number of hydrogen-bond acceptors (Lipinski definition) is 3. The molecule has 0 aliphatic carbocycles. The summed E-state index contributed by atoms with van der Waals surface area (Å²) in [6, 6.07) is 0.874.